The van der Waals surface area contributed by atoms with E-state index in [9.17, 15) is 18.0 Å². The van der Waals surface area contributed by atoms with Crippen molar-refractivity contribution in [3.63, 3.8) is 0 Å². The van der Waals surface area contributed by atoms with E-state index >= 15 is 0 Å². The lowest BCUT2D eigenvalue weighted by atomic mass is 10.1. The number of methoxy groups -OCH3 is 1. The molecular formula is C30H35Cl2N3O5S. The third-order valence-corrected chi connectivity index (χ3v) is 8.54. The Labute approximate surface area is 252 Å². The summed E-state index contributed by atoms with van der Waals surface area (Å²) in [6.07, 6.45) is 0. The fraction of sp³-hybridized carbons (Fsp3) is 0.333. The third kappa shape index (κ3) is 8.38. The van der Waals surface area contributed by atoms with Gasteiger partial charge in [0.2, 0.25) is 11.8 Å². The molecule has 1 unspecified atom stereocenters. The van der Waals surface area contributed by atoms with Gasteiger partial charge in [0.05, 0.1) is 22.7 Å². The van der Waals surface area contributed by atoms with E-state index in [4.69, 9.17) is 27.9 Å². The van der Waals surface area contributed by atoms with E-state index in [2.05, 4.69) is 5.32 Å². The lowest BCUT2D eigenvalue weighted by molar-refractivity contribution is -0.140. The van der Waals surface area contributed by atoms with Crippen molar-refractivity contribution in [2.45, 2.75) is 57.6 Å². The zero-order valence-electron chi connectivity index (χ0n) is 23.9. The molecule has 0 aliphatic rings. The zero-order chi connectivity index (χ0) is 30.5. The van der Waals surface area contributed by atoms with Crippen molar-refractivity contribution in [3.8, 4) is 5.75 Å². The lowest BCUT2D eigenvalue weighted by Crippen LogP contribution is -2.54. The van der Waals surface area contributed by atoms with Gasteiger partial charge in [-0.1, -0.05) is 53.0 Å². The van der Waals surface area contributed by atoms with Crippen molar-refractivity contribution in [3.05, 3.63) is 87.9 Å². The van der Waals surface area contributed by atoms with Gasteiger partial charge in [-0.25, -0.2) is 8.42 Å². The Morgan fingerprint density at radius 2 is 1.66 bits per heavy atom. The fourth-order valence-electron chi connectivity index (χ4n) is 4.07. The molecule has 41 heavy (non-hydrogen) atoms. The van der Waals surface area contributed by atoms with Crippen molar-refractivity contribution in [2.75, 3.05) is 18.0 Å². The van der Waals surface area contributed by atoms with Gasteiger partial charge in [-0.15, -0.1) is 0 Å². The van der Waals surface area contributed by atoms with Crippen LogP contribution >= 0.6 is 23.2 Å². The number of nitrogens with zero attached hydrogens (tertiary/aromatic N) is 2. The van der Waals surface area contributed by atoms with Gasteiger partial charge in [0.15, 0.2) is 0 Å². The van der Waals surface area contributed by atoms with E-state index in [0.29, 0.717) is 16.3 Å². The fourth-order valence-corrected chi connectivity index (χ4v) is 5.94. The van der Waals surface area contributed by atoms with Crippen molar-refractivity contribution < 1.29 is 22.7 Å². The molecule has 3 aromatic carbocycles. The number of benzene rings is 3. The number of aryl methyl sites for hydroxylation is 1. The third-order valence-electron chi connectivity index (χ3n) is 6.22. The maximum absolute atomic E-state index is 14.0. The Kier molecular flexibility index (Phi) is 10.3. The van der Waals surface area contributed by atoms with E-state index in [-0.39, 0.29) is 28.1 Å². The number of amides is 2. The number of nitrogens with one attached hydrogen (secondary N) is 1. The topological polar surface area (TPSA) is 96.0 Å². The van der Waals surface area contributed by atoms with Gasteiger partial charge in [0.1, 0.15) is 18.3 Å². The Morgan fingerprint density at radius 1 is 1.00 bits per heavy atom. The Morgan fingerprint density at radius 3 is 2.22 bits per heavy atom. The molecule has 0 spiro atoms. The van der Waals surface area contributed by atoms with Crippen LogP contribution in [0, 0.1) is 6.92 Å². The molecular weight excluding hydrogens is 585 g/mol. The number of carbonyl (C=O) groups is 2. The highest BCUT2D eigenvalue weighted by Crippen LogP contribution is 2.32. The molecule has 0 fully saturated rings. The Balaban J connectivity index is 2.08. The summed E-state index contributed by atoms with van der Waals surface area (Å²) in [6, 6.07) is 16.8. The summed E-state index contributed by atoms with van der Waals surface area (Å²) in [4.78, 5) is 28.6. The molecule has 1 atom stereocenters. The second kappa shape index (κ2) is 13.1. The van der Waals surface area contributed by atoms with Crippen LogP contribution in [-0.2, 0) is 26.2 Å². The Bertz CT molecular complexity index is 1510. The van der Waals surface area contributed by atoms with Gasteiger partial charge < -0.3 is 15.0 Å². The zero-order valence-corrected chi connectivity index (χ0v) is 26.3. The molecule has 0 radical (unpaired) electrons. The number of carbonyl (C=O) groups excluding carboxylic acids is 2. The molecule has 0 aliphatic heterocycles. The van der Waals surface area contributed by atoms with Gasteiger partial charge in [-0.3, -0.25) is 13.9 Å². The van der Waals surface area contributed by atoms with Gasteiger partial charge in [0.25, 0.3) is 10.0 Å². The van der Waals surface area contributed by atoms with Gasteiger partial charge >= 0.3 is 0 Å². The van der Waals surface area contributed by atoms with Gasteiger partial charge in [-0.05, 0) is 82.6 Å². The molecule has 0 saturated carbocycles. The van der Waals surface area contributed by atoms with Crippen molar-refractivity contribution in [1.82, 2.24) is 10.2 Å². The highest BCUT2D eigenvalue weighted by molar-refractivity contribution is 7.92. The number of ether oxygens (including phenoxy) is 1. The predicted octanol–water partition coefficient (Wildman–Crippen LogP) is 5.84. The minimum Gasteiger partial charge on any atom is -0.495 e. The summed E-state index contributed by atoms with van der Waals surface area (Å²) >= 11 is 12.5. The Hall–Kier alpha value is -3.27. The van der Waals surface area contributed by atoms with Crippen LogP contribution in [0.1, 0.15) is 38.8 Å². The molecule has 220 valence electrons. The van der Waals surface area contributed by atoms with Crippen LogP contribution in [0.2, 0.25) is 10.0 Å². The molecule has 0 bridgehead atoms. The quantitative estimate of drug-likeness (QED) is 0.308. The number of hydrogen-bond donors (Lipinski definition) is 1. The summed E-state index contributed by atoms with van der Waals surface area (Å²) in [5.41, 5.74) is 1.18. The maximum atomic E-state index is 14.0. The first-order valence-corrected chi connectivity index (χ1v) is 15.1. The lowest BCUT2D eigenvalue weighted by Gasteiger charge is -2.33. The first kappa shape index (κ1) is 32.2. The van der Waals surface area contributed by atoms with Crippen LogP contribution in [0.3, 0.4) is 0 Å². The molecule has 8 nitrogen and oxygen atoms in total. The summed E-state index contributed by atoms with van der Waals surface area (Å²) in [5, 5.41) is 3.54. The minimum atomic E-state index is -4.23. The van der Waals surface area contributed by atoms with Crippen LogP contribution in [0.4, 0.5) is 5.69 Å². The van der Waals surface area contributed by atoms with E-state index in [1.165, 1.54) is 42.3 Å². The largest absolute Gasteiger partial charge is 0.495 e. The first-order chi connectivity index (χ1) is 19.1. The van der Waals surface area contributed by atoms with E-state index in [0.717, 1.165) is 9.87 Å². The average molecular weight is 621 g/mol. The first-order valence-electron chi connectivity index (χ1n) is 12.9. The smallest absolute Gasteiger partial charge is 0.264 e. The van der Waals surface area contributed by atoms with E-state index < -0.39 is 34.1 Å². The summed E-state index contributed by atoms with van der Waals surface area (Å²) in [6.45, 7) is 8.40. The molecule has 11 heteroatoms. The predicted molar refractivity (Wildman–Crippen MR) is 163 cm³/mol. The van der Waals surface area contributed by atoms with Crippen molar-refractivity contribution in [1.29, 1.82) is 0 Å². The van der Waals surface area contributed by atoms with Crippen molar-refractivity contribution in [2.24, 2.45) is 0 Å². The molecule has 0 aliphatic carbocycles. The van der Waals surface area contributed by atoms with Gasteiger partial charge in [-0.2, -0.15) is 0 Å². The van der Waals surface area contributed by atoms with Crippen LogP contribution < -0.4 is 14.4 Å². The van der Waals surface area contributed by atoms with Crippen LogP contribution in [-0.4, -0.2) is 50.4 Å². The molecule has 3 rings (SSSR count). The molecule has 2 amide bonds. The summed E-state index contributed by atoms with van der Waals surface area (Å²) in [7, 11) is -2.78. The van der Waals surface area contributed by atoms with Crippen molar-refractivity contribution >= 4 is 50.7 Å². The molecule has 1 N–H and O–H groups in total. The number of sulfonamides is 1. The molecule has 0 saturated heterocycles. The highest BCUT2D eigenvalue weighted by atomic mass is 35.5. The summed E-state index contributed by atoms with van der Waals surface area (Å²) < 4.78 is 34.1. The molecule has 0 heterocycles. The number of anilines is 1. The van der Waals surface area contributed by atoms with Crippen LogP contribution in [0.25, 0.3) is 0 Å². The standard InChI is InChI=1S/C30H35Cl2N3O5S/c1-20-10-13-25(14-11-20)41(38,39)35(24-12-15-27(40-6)26(32)17-24)19-28(36)34(18-22-8-7-9-23(31)16-22)21(2)29(37)33-30(3,4)5/h7-17,21H,18-19H2,1-6H3,(H,33,37). The van der Waals surface area contributed by atoms with E-state index in [1.54, 1.807) is 43.3 Å². The summed E-state index contributed by atoms with van der Waals surface area (Å²) in [5.74, 6) is -0.623. The SMILES string of the molecule is COc1ccc(N(CC(=O)N(Cc2cccc(Cl)c2)C(C)C(=O)NC(C)(C)C)S(=O)(=O)c2ccc(C)cc2)cc1Cl. The second-order valence-electron chi connectivity index (χ2n) is 10.7. The molecule has 0 aromatic heterocycles. The monoisotopic (exact) mass is 619 g/mol. The average Bonchev–Trinajstić information content (AvgIpc) is 2.89. The minimum absolute atomic E-state index is 0.00255. The molecule has 3 aromatic rings. The second-order valence-corrected chi connectivity index (χ2v) is 13.4. The number of halogens is 2. The van der Waals surface area contributed by atoms with Crippen LogP contribution in [0.15, 0.2) is 71.6 Å². The van der Waals surface area contributed by atoms with E-state index in [1.807, 2.05) is 27.7 Å². The number of rotatable bonds is 10. The van der Waals surface area contributed by atoms with Crippen LogP contribution in [0.5, 0.6) is 5.75 Å². The maximum Gasteiger partial charge on any atom is 0.264 e. The highest BCUT2D eigenvalue weighted by Gasteiger charge is 2.33. The van der Waals surface area contributed by atoms with Gasteiger partial charge in [0, 0.05) is 17.1 Å². The normalized spacial score (nSPS) is 12.4. The number of hydrogen-bond acceptors (Lipinski definition) is 5.